The lowest BCUT2D eigenvalue weighted by molar-refractivity contribution is -0.149. The van der Waals surface area contributed by atoms with Crippen LogP contribution in [0.15, 0.2) is 21.9 Å². The van der Waals surface area contributed by atoms with E-state index >= 15 is 0 Å². The number of H-pyrrole nitrogens is 1. The predicted octanol–water partition coefficient (Wildman–Crippen LogP) is 0.744. The van der Waals surface area contributed by atoms with Crippen molar-refractivity contribution in [2.75, 3.05) is 12.4 Å². The highest BCUT2D eigenvalue weighted by Crippen LogP contribution is 2.57. The van der Waals surface area contributed by atoms with Crippen molar-refractivity contribution in [2.45, 2.75) is 77.2 Å². The number of ether oxygens (including phenoxy) is 2. The Morgan fingerprint density at radius 3 is 2.67 bits per heavy atom. The Morgan fingerprint density at radius 2 is 2.09 bits per heavy atom. The van der Waals surface area contributed by atoms with Crippen LogP contribution in [0.1, 0.15) is 47.3 Å². The maximum absolute atomic E-state index is 13.4. The van der Waals surface area contributed by atoms with Gasteiger partial charge in [0.15, 0.2) is 6.23 Å². The topological polar surface area (TPSA) is 169 Å². The highest BCUT2D eigenvalue weighted by molar-refractivity contribution is 8.56. The van der Waals surface area contributed by atoms with Gasteiger partial charge in [0.05, 0.1) is 12.7 Å². The third kappa shape index (κ3) is 7.01. The van der Waals surface area contributed by atoms with E-state index in [0.29, 0.717) is 12.2 Å². The number of hydrogen-bond acceptors (Lipinski definition) is 10. The molecule has 1 saturated heterocycles. The van der Waals surface area contributed by atoms with Gasteiger partial charge in [0.1, 0.15) is 23.9 Å². The summed E-state index contributed by atoms with van der Waals surface area (Å²) >= 11 is 0.994. The molecule has 0 aliphatic carbocycles. The maximum atomic E-state index is 13.4. The van der Waals surface area contributed by atoms with Gasteiger partial charge in [0, 0.05) is 18.0 Å². The number of carbonyl (C=O) groups excluding carboxylic acids is 1. The zero-order valence-corrected chi connectivity index (χ0v) is 20.9. The number of nitrogens with zero attached hydrogens (tertiary/aromatic N) is 1. The molecular weight excluding hydrogens is 477 g/mol. The standard InChI is InChI=1S/C19H32N3O9PS/c1-6-9-33-32(28,21-12(4)16(25)30-11(2)3)29-10-13-15(24)19(5,27)17(31-13)22-8-7-14(23)20-18(22)26/h7-8,11-13,15,17,24,27H,6,9-10H2,1-5H3,(H,21,28)(H,20,23,26)/t12?,13-,15-,17-,19-,32?/m1/s1. The van der Waals surface area contributed by atoms with Crippen LogP contribution in [0.3, 0.4) is 0 Å². The molecule has 188 valence electrons. The van der Waals surface area contributed by atoms with Crippen LogP contribution < -0.4 is 16.3 Å². The number of aliphatic hydroxyl groups excluding tert-OH is 1. The summed E-state index contributed by atoms with van der Waals surface area (Å²) in [6.45, 7) is 4.01. The molecule has 0 aromatic carbocycles. The van der Waals surface area contributed by atoms with Crippen LogP contribution >= 0.6 is 18.1 Å². The average molecular weight is 510 g/mol. The number of aromatic nitrogens is 2. The molecule has 0 amide bonds. The Morgan fingerprint density at radius 1 is 1.42 bits per heavy atom. The lowest BCUT2D eigenvalue weighted by Crippen LogP contribution is -2.46. The Bertz CT molecular complexity index is 980. The van der Waals surface area contributed by atoms with Gasteiger partial charge in [-0.2, -0.15) is 0 Å². The van der Waals surface area contributed by atoms with Gasteiger partial charge in [-0.3, -0.25) is 23.7 Å². The summed E-state index contributed by atoms with van der Waals surface area (Å²) < 4.78 is 30.7. The first-order chi connectivity index (χ1) is 15.3. The van der Waals surface area contributed by atoms with Crippen molar-refractivity contribution in [3.8, 4) is 0 Å². The molecule has 14 heteroatoms. The van der Waals surface area contributed by atoms with Crippen LogP contribution in [0, 0.1) is 0 Å². The number of rotatable bonds is 11. The van der Waals surface area contributed by atoms with Crippen molar-refractivity contribution in [3.63, 3.8) is 0 Å². The molecule has 4 N–H and O–H groups in total. The zero-order chi connectivity index (χ0) is 25.0. The Hall–Kier alpha value is -1.47. The quantitative estimate of drug-likeness (QED) is 0.245. The van der Waals surface area contributed by atoms with Gasteiger partial charge in [0.2, 0.25) is 0 Å². The zero-order valence-electron chi connectivity index (χ0n) is 19.2. The molecule has 12 nitrogen and oxygen atoms in total. The summed E-state index contributed by atoms with van der Waals surface area (Å²) in [6, 6.07) is 0.154. The summed E-state index contributed by atoms with van der Waals surface area (Å²) in [6.07, 6.45) is -2.50. The second kappa shape index (κ2) is 11.3. The van der Waals surface area contributed by atoms with Gasteiger partial charge in [-0.05, 0) is 34.1 Å². The fraction of sp³-hybridized carbons (Fsp3) is 0.737. The van der Waals surface area contributed by atoms with E-state index in [4.69, 9.17) is 14.0 Å². The van der Waals surface area contributed by atoms with Gasteiger partial charge in [-0.1, -0.05) is 18.3 Å². The fourth-order valence-electron chi connectivity index (χ4n) is 3.11. The van der Waals surface area contributed by atoms with Crippen molar-refractivity contribution in [3.05, 3.63) is 33.1 Å². The molecule has 2 unspecified atom stereocenters. The van der Waals surface area contributed by atoms with Crippen LogP contribution in [0.25, 0.3) is 0 Å². The molecule has 1 aromatic heterocycles. The summed E-state index contributed by atoms with van der Waals surface area (Å²) in [4.78, 5) is 37.6. The van der Waals surface area contributed by atoms with E-state index in [-0.39, 0.29) is 6.10 Å². The summed E-state index contributed by atoms with van der Waals surface area (Å²) in [7, 11) is 0. The van der Waals surface area contributed by atoms with E-state index in [1.165, 1.54) is 13.8 Å². The van der Waals surface area contributed by atoms with E-state index in [0.717, 1.165) is 28.2 Å². The third-order valence-electron chi connectivity index (χ3n) is 4.79. The van der Waals surface area contributed by atoms with Crippen molar-refractivity contribution in [1.29, 1.82) is 0 Å². The smallest absolute Gasteiger partial charge is 0.330 e. The average Bonchev–Trinajstić information content (AvgIpc) is 2.94. The first kappa shape index (κ1) is 27.8. The van der Waals surface area contributed by atoms with E-state index in [1.54, 1.807) is 13.8 Å². The molecule has 2 rings (SSSR count). The van der Waals surface area contributed by atoms with E-state index in [2.05, 4.69) is 10.1 Å². The predicted molar refractivity (Wildman–Crippen MR) is 122 cm³/mol. The summed E-state index contributed by atoms with van der Waals surface area (Å²) in [5, 5.41) is 24.1. The van der Waals surface area contributed by atoms with Gasteiger partial charge >= 0.3 is 18.4 Å². The molecule has 1 aliphatic rings. The molecule has 0 radical (unpaired) electrons. The van der Waals surface area contributed by atoms with Crippen LogP contribution in [-0.4, -0.2) is 68.0 Å². The van der Waals surface area contributed by atoms with Crippen molar-refractivity contribution in [1.82, 2.24) is 14.6 Å². The minimum atomic E-state index is -3.64. The largest absolute Gasteiger partial charge is 0.462 e. The number of hydrogen-bond donors (Lipinski definition) is 4. The van der Waals surface area contributed by atoms with Gasteiger partial charge in [-0.15, -0.1) is 0 Å². The first-order valence-corrected chi connectivity index (χ1v) is 13.8. The SMILES string of the molecule is CCCSP(=O)(NC(C)C(=O)OC(C)C)OC[C@H]1O[C@@H](n2ccc(=O)[nH]c2=O)[C@](C)(O)[C@@H]1O. The Balaban J connectivity index is 2.16. The van der Waals surface area contributed by atoms with Gasteiger partial charge < -0.3 is 24.2 Å². The lowest BCUT2D eigenvalue weighted by atomic mass is 9.96. The third-order valence-corrected chi connectivity index (χ3v) is 9.11. The fourth-order valence-corrected chi connectivity index (χ4v) is 7.05. The lowest BCUT2D eigenvalue weighted by Gasteiger charge is -2.27. The normalized spacial score (nSPS) is 27.9. The van der Waals surface area contributed by atoms with Crippen molar-refractivity contribution >= 4 is 24.1 Å². The van der Waals surface area contributed by atoms with Crippen LogP contribution in [0.2, 0.25) is 0 Å². The number of aromatic amines is 1. The minimum Gasteiger partial charge on any atom is -0.462 e. The van der Waals surface area contributed by atoms with Gasteiger partial charge in [0.25, 0.3) is 5.56 Å². The van der Waals surface area contributed by atoms with Crippen molar-refractivity contribution in [2.24, 2.45) is 0 Å². The molecular formula is C19H32N3O9PS. The van der Waals surface area contributed by atoms with Crippen molar-refractivity contribution < 1.29 is 33.6 Å². The second-order valence-electron chi connectivity index (χ2n) is 8.18. The number of aliphatic hydroxyl groups is 2. The monoisotopic (exact) mass is 509 g/mol. The van der Waals surface area contributed by atoms with Crippen LogP contribution in [0.4, 0.5) is 0 Å². The van der Waals surface area contributed by atoms with Crippen LogP contribution in [-0.2, 0) is 23.4 Å². The molecule has 0 saturated carbocycles. The Kier molecular flexibility index (Phi) is 9.51. The molecule has 1 aliphatic heterocycles. The molecule has 33 heavy (non-hydrogen) atoms. The summed E-state index contributed by atoms with van der Waals surface area (Å²) in [5.74, 6) is -0.124. The van der Waals surface area contributed by atoms with Gasteiger partial charge in [-0.25, -0.2) is 9.88 Å². The Labute approximate surface area is 195 Å². The van der Waals surface area contributed by atoms with E-state index in [9.17, 15) is 29.2 Å². The molecule has 0 spiro atoms. The second-order valence-corrected chi connectivity index (χ2v) is 12.6. The highest BCUT2D eigenvalue weighted by atomic mass is 32.7. The summed E-state index contributed by atoms with van der Waals surface area (Å²) in [5.41, 5.74) is -3.37. The number of carbonyl (C=O) groups is 1. The maximum Gasteiger partial charge on any atom is 0.330 e. The molecule has 2 heterocycles. The highest BCUT2D eigenvalue weighted by Gasteiger charge is 2.54. The molecule has 6 atom stereocenters. The number of nitrogens with one attached hydrogen (secondary N) is 2. The van der Waals surface area contributed by atoms with Crippen LogP contribution in [0.5, 0.6) is 0 Å². The number of esters is 1. The molecule has 0 bridgehead atoms. The minimum absolute atomic E-state index is 0.345. The first-order valence-electron chi connectivity index (χ1n) is 10.6. The molecule has 1 aromatic rings. The van der Waals surface area contributed by atoms with E-state index in [1.807, 2.05) is 6.92 Å². The van der Waals surface area contributed by atoms with E-state index < -0.39 is 60.6 Å². The molecule has 1 fully saturated rings.